The fourth-order valence-electron chi connectivity index (χ4n) is 5.40. The number of rotatable bonds is 22. The number of unbranched alkanes of at least 4 members (excludes halogenated alkanes) is 11. The third-order valence-electron chi connectivity index (χ3n) is 7.76. The zero-order valence-corrected chi connectivity index (χ0v) is 25.5. The molecule has 0 bridgehead atoms. The second-order valence-electron chi connectivity index (χ2n) is 11.7. The number of carbonyl (C=O) groups is 1. The van der Waals surface area contributed by atoms with Crippen molar-refractivity contribution in [2.45, 2.75) is 123 Å². The van der Waals surface area contributed by atoms with Gasteiger partial charge in [0.2, 0.25) is 6.79 Å². The van der Waals surface area contributed by atoms with Gasteiger partial charge in [0.25, 0.3) is 0 Å². The number of esters is 1. The Hall–Kier alpha value is -2.33. The van der Waals surface area contributed by atoms with E-state index < -0.39 is 0 Å². The third-order valence-corrected chi connectivity index (χ3v) is 7.76. The second kappa shape index (κ2) is 19.7. The Morgan fingerprint density at radius 2 is 1.31 bits per heavy atom. The molecule has 0 radical (unpaired) electrons. The van der Waals surface area contributed by atoms with Crippen molar-refractivity contribution in [2.75, 3.05) is 20.9 Å². The average molecular weight is 539 g/mol. The standard InChI is InChI=1S/C35H56NO3/c1-5-7-8-9-10-11-12-13-14-15-16-18-23-31-26-21-27-33(28-31)38-30-39-35(37)34(22-6-2)36(3,4)29-32-24-19-17-20-25-32/h17,19-21,24-28,34H,5-16,18,22-23,29-30H2,1-4H3/q+1. The van der Waals surface area contributed by atoms with Crippen molar-refractivity contribution in [1.82, 2.24) is 0 Å². The highest BCUT2D eigenvalue weighted by Crippen LogP contribution is 2.21. The summed E-state index contributed by atoms with van der Waals surface area (Å²) in [5.74, 6) is 0.578. The van der Waals surface area contributed by atoms with Crippen molar-refractivity contribution in [3.63, 3.8) is 0 Å². The van der Waals surface area contributed by atoms with Crippen LogP contribution in [-0.2, 0) is 22.5 Å². The summed E-state index contributed by atoms with van der Waals surface area (Å²) in [6.45, 7) is 5.12. The van der Waals surface area contributed by atoms with Gasteiger partial charge in [0.1, 0.15) is 12.3 Å². The minimum Gasteiger partial charge on any atom is -0.457 e. The summed E-state index contributed by atoms with van der Waals surface area (Å²) < 4.78 is 12.0. The van der Waals surface area contributed by atoms with Crippen LogP contribution in [0.5, 0.6) is 5.75 Å². The van der Waals surface area contributed by atoms with Gasteiger partial charge in [0.05, 0.1) is 14.1 Å². The van der Waals surface area contributed by atoms with Gasteiger partial charge in [-0.1, -0.05) is 127 Å². The highest BCUT2D eigenvalue weighted by atomic mass is 16.7. The highest BCUT2D eigenvalue weighted by molar-refractivity contribution is 5.74. The van der Waals surface area contributed by atoms with Crippen LogP contribution in [-0.4, -0.2) is 37.4 Å². The molecule has 39 heavy (non-hydrogen) atoms. The van der Waals surface area contributed by atoms with Crippen LogP contribution in [0.3, 0.4) is 0 Å². The maximum atomic E-state index is 13.0. The molecule has 0 aliphatic carbocycles. The molecular weight excluding hydrogens is 482 g/mol. The lowest BCUT2D eigenvalue weighted by molar-refractivity contribution is -0.920. The predicted molar refractivity (Wildman–Crippen MR) is 164 cm³/mol. The van der Waals surface area contributed by atoms with Crippen molar-refractivity contribution in [3.8, 4) is 5.75 Å². The Kier molecular flexibility index (Phi) is 16.6. The molecule has 0 saturated carbocycles. The molecule has 2 aromatic rings. The zero-order valence-electron chi connectivity index (χ0n) is 25.5. The molecule has 0 aliphatic heterocycles. The third kappa shape index (κ3) is 14.0. The minimum absolute atomic E-state index is 0.0492. The maximum absolute atomic E-state index is 13.0. The lowest BCUT2D eigenvalue weighted by atomic mass is 10.0. The van der Waals surface area contributed by atoms with E-state index in [1.165, 1.54) is 88.2 Å². The van der Waals surface area contributed by atoms with Gasteiger partial charge >= 0.3 is 5.97 Å². The van der Waals surface area contributed by atoms with E-state index in [0.29, 0.717) is 4.48 Å². The first kappa shape index (κ1) is 32.9. The Labute approximate surface area is 239 Å². The lowest BCUT2D eigenvalue weighted by Crippen LogP contribution is -2.53. The number of benzene rings is 2. The predicted octanol–water partition coefficient (Wildman–Crippen LogP) is 9.26. The van der Waals surface area contributed by atoms with Crippen molar-refractivity contribution >= 4 is 5.97 Å². The molecule has 0 fully saturated rings. The molecule has 1 atom stereocenters. The molecule has 218 valence electrons. The largest absolute Gasteiger partial charge is 0.457 e. The van der Waals surface area contributed by atoms with Gasteiger partial charge in [-0.15, -0.1) is 0 Å². The molecule has 0 saturated heterocycles. The summed E-state index contributed by atoms with van der Waals surface area (Å²) in [7, 11) is 4.21. The Bertz CT molecular complexity index is 896. The molecule has 0 aliphatic rings. The number of nitrogens with zero attached hydrogens (tertiary/aromatic N) is 1. The van der Waals surface area contributed by atoms with Crippen molar-refractivity contribution in [1.29, 1.82) is 0 Å². The van der Waals surface area contributed by atoms with Crippen LogP contribution in [0.4, 0.5) is 0 Å². The Morgan fingerprint density at radius 3 is 1.92 bits per heavy atom. The number of carbonyl (C=O) groups excluding carboxylic acids is 1. The van der Waals surface area contributed by atoms with E-state index in [1.54, 1.807) is 0 Å². The molecular formula is C35H56NO3+. The van der Waals surface area contributed by atoms with Crippen LogP contribution in [0.1, 0.15) is 115 Å². The highest BCUT2D eigenvalue weighted by Gasteiger charge is 2.35. The summed E-state index contributed by atoms with van der Waals surface area (Å²) in [5.41, 5.74) is 2.51. The molecule has 0 aromatic heterocycles. The first-order valence-corrected chi connectivity index (χ1v) is 15.7. The SMILES string of the molecule is CCCCCCCCCCCCCCc1cccc(OCOC(=O)C(CCC)[N+](C)(C)Cc2ccccc2)c1. The van der Waals surface area contributed by atoms with Crippen molar-refractivity contribution < 1.29 is 18.8 Å². The van der Waals surface area contributed by atoms with Crippen LogP contribution in [0.2, 0.25) is 0 Å². The fourth-order valence-corrected chi connectivity index (χ4v) is 5.40. The first-order chi connectivity index (χ1) is 19.0. The fraction of sp³-hybridized carbons (Fsp3) is 0.629. The minimum atomic E-state index is -0.226. The zero-order chi connectivity index (χ0) is 28.2. The van der Waals surface area contributed by atoms with E-state index in [0.717, 1.165) is 31.6 Å². The molecule has 4 heteroatoms. The van der Waals surface area contributed by atoms with Gasteiger partial charge in [-0.3, -0.25) is 0 Å². The van der Waals surface area contributed by atoms with E-state index in [9.17, 15) is 4.79 Å². The number of aryl methyl sites for hydroxylation is 1. The molecule has 0 amide bonds. The normalized spacial score (nSPS) is 12.3. The van der Waals surface area contributed by atoms with Crippen LogP contribution in [0.25, 0.3) is 0 Å². The van der Waals surface area contributed by atoms with Crippen LogP contribution in [0.15, 0.2) is 54.6 Å². The number of ether oxygens (including phenoxy) is 2. The van der Waals surface area contributed by atoms with Gasteiger partial charge in [0, 0.05) is 12.0 Å². The quantitative estimate of drug-likeness (QED) is 0.0648. The van der Waals surface area contributed by atoms with Crippen LogP contribution < -0.4 is 4.74 Å². The van der Waals surface area contributed by atoms with Crippen molar-refractivity contribution in [3.05, 3.63) is 65.7 Å². The van der Waals surface area contributed by atoms with Gasteiger partial charge in [-0.25, -0.2) is 4.79 Å². The summed E-state index contributed by atoms with van der Waals surface area (Å²) in [4.78, 5) is 13.0. The molecule has 2 rings (SSSR count). The Morgan fingerprint density at radius 1 is 0.718 bits per heavy atom. The van der Waals surface area contributed by atoms with E-state index in [-0.39, 0.29) is 18.8 Å². The maximum Gasteiger partial charge on any atom is 0.367 e. The number of quaternary nitrogens is 1. The van der Waals surface area contributed by atoms with Gasteiger partial charge in [0.15, 0.2) is 6.04 Å². The summed E-state index contributed by atoms with van der Waals surface area (Å²) in [5, 5.41) is 0. The van der Waals surface area contributed by atoms with Crippen LogP contribution in [0, 0.1) is 0 Å². The number of likely N-dealkylation sites (N-methyl/N-ethyl adjacent to an activating group) is 1. The van der Waals surface area contributed by atoms with Gasteiger partial charge in [-0.2, -0.15) is 0 Å². The molecule has 2 aromatic carbocycles. The van der Waals surface area contributed by atoms with E-state index in [2.05, 4.69) is 52.2 Å². The van der Waals surface area contributed by atoms with E-state index in [1.807, 2.05) is 30.3 Å². The summed E-state index contributed by atoms with van der Waals surface area (Å²) in [6.07, 6.45) is 19.2. The smallest absolute Gasteiger partial charge is 0.367 e. The van der Waals surface area contributed by atoms with Gasteiger partial charge < -0.3 is 14.0 Å². The second-order valence-corrected chi connectivity index (χ2v) is 11.7. The Balaban J connectivity index is 1.66. The number of hydrogen-bond donors (Lipinski definition) is 0. The summed E-state index contributed by atoms with van der Waals surface area (Å²) >= 11 is 0. The first-order valence-electron chi connectivity index (χ1n) is 15.7. The molecule has 1 unspecified atom stereocenters. The van der Waals surface area contributed by atoms with Gasteiger partial charge in [-0.05, 0) is 37.0 Å². The molecule has 0 N–H and O–H groups in total. The lowest BCUT2D eigenvalue weighted by Gasteiger charge is -2.36. The van der Waals surface area contributed by atoms with Crippen molar-refractivity contribution in [2.24, 2.45) is 0 Å². The van der Waals surface area contributed by atoms with E-state index >= 15 is 0 Å². The average Bonchev–Trinajstić information content (AvgIpc) is 2.92. The topological polar surface area (TPSA) is 35.5 Å². The number of hydrogen-bond acceptors (Lipinski definition) is 3. The summed E-state index contributed by atoms with van der Waals surface area (Å²) in [6, 6.07) is 18.3. The monoisotopic (exact) mass is 538 g/mol. The molecule has 4 nitrogen and oxygen atoms in total. The van der Waals surface area contributed by atoms with E-state index in [4.69, 9.17) is 9.47 Å². The molecule has 0 spiro atoms. The molecule has 0 heterocycles. The van der Waals surface area contributed by atoms with Crippen LogP contribution >= 0.6 is 0 Å².